The maximum absolute atomic E-state index is 12.1. The van der Waals surface area contributed by atoms with Gasteiger partial charge in [-0.3, -0.25) is 9.00 Å². The van der Waals surface area contributed by atoms with Gasteiger partial charge in [-0.1, -0.05) is 48.5 Å². The second kappa shape index (κ2) is 9.53. The van der Waals surface area contributed by atoms with Crippen LogP contribution in [0.25, 0.3) is 0 Å². The van der Waals surface area contributed by atoms with Crippen molar-refractivity contribution in [3.8, 4) is 0 Å². The molecule has 0 aromatic heterocycles. The highest BCUT2D eigenvalue weighted by atomic mass is 32.2. The molecule has 0 heterocycles. The first kappa shape index (κ1) is 17.8. The summed E-state index contributed by atoms with van der Waals surface area (Å²) < 4.78 is 12.1. The zero-order chi connectivity index (χ0) is 16.5. The quantitative estimate of drug-likeness (QED) is 0.797. The smallest absolute Gasteiger partial charge is 0.232 e. The monoisotopic (exact) mass is 347 g/mol. The fourth-order valence-electron chi connectivity index (χ4n) is 1.97. The van der Waals surface area contributed by atoms with Crippen molar-refractivity contribution in [3.05, 3.63) is 66.2 Å². The average Bonchev–Trinajstić information content (AvgIpc) is 2.61. The molecule has 2 atom stereocenters. The molecule has 0 fully saturated rings. The molecule has 0 saturated carbocycles. The number of nitrogens with one attached hydrogen (secondary N) is 1. The molecule has 1 N–H and O–H groups in total. The number of thioether (sulfide) groups is 1. The molecule has 0 unspecified atom stereocenters. The summed E-state index contributed by atoms with van der Waals surface area (Å²) in [5, 5.41) is 2.74. The van der Waals surface area contributed by atoms with Gasteiger partial charge in [-0.2, -0.15) is 0 Å². The van der Waals surface area contributed by atoms with Gasteiger partial charge in [0.05, 0.1) is 16.0 Å². The molecule has 0 saturated heterocycles. The van der Waals surface area contributed by atoms with Gasteiger partial charge in [-0.15, -0.1) is 11.8 Å². The standard InChI is InChI=1S/C18H21NO2S2/c1-15(22-14-16-8-4-2-5-9-16)18(20)19-12-13-23(21)17-10-6-3-7-11-17/h2-11,15H,12-14H2,1H3,(H,19,20)/t15-,23-/m0/s1. The Morgan fingerprint density at radius 1 is 1.09 bits per heavy atom. The molecule has 0 aliphatic carbocycles. The van der Waals surface area contributed by atoms with E-state index in [0.717, 1.165) is 10.6 Å². The minimum absolute atomic E-state index is 0.00371. The van der Waals surface area contributed by atoms with Crippen molar-refractivity contribution >= 4 is 28.5 Å². The van der Waals surface area contributed by atoms with Crippen molar-refractivity contribution in [3.63, 3.8) is 0 Å². The van der Waals surface area contributed by atoms with E-state index in [2.05, 4.69) is 17.4 Å². The van der Waals surface area contributed by atoms with Gasteiger partial charge in [-0.05, 0) is 24.6 Å². The maximum Gasteiger partial charge on any atom is 0.232 e. The van der Waals surface area contributed by atoms with Gasteiger partial charge in [0.2, 0.25) is 5.91 Å². The van der Waals surface area contributed by atoms with E-state index in [0.29, 0.717) is 12.3 Å². The topological polar surface area (TPSA) is 46.2 Å². The summed E-state index contributed by atoms with van der Waals surface area (Å²) in [4.78, 5) is 12.9. The van der Waals surface area contributed by atoms with Gasteiger partial charge >= 0.3 is 0 Å². The highest BCUT2D eigenvalue weighted by Crippen LogP contribution is 2.17. The number of benzene rings is 2. The van der Waals surface area contributed by atoms with E-state index in [9.17, 15) is 9.00 Å². The van der Waals surface area contributed by atoms with E-state index in [1.165, 1.54) is 5.56 Å². The van der Waals surface area contributed by atoms with E-state index in [1.807, 2.05) is 55.5 Å². The molecule has 2 aromatic rings. The van der Waals surface area contributed by atoms with Crippen molar-refractivity contribution in [1.82, 2.24) is 5.32 Å². The predicted octanol–water partition coefficient (Wildman–Crippen LogP) is 3.23. The Labute approximate surface area is 144 Å². The Hall–Kier alpha value is -1.59. The predicted molar refractivity (Wildman–Crippen MR) is 97.9 cm³/mol. The van der Waals surface area contributed by atoms with Crippen LogP contribution in [0, 0.1) is 0 Å². The third kappa shape index (κ3) is 6.20. The zero-order valence-electron chi connectivity index (χ0n) is 13.1. The van der Waals surface area contributed by atoms with Crippen molar-refractivity contribution in [2.24, 2.45) is 0 Å². The van der Waals surface area contributed by atoms with Crippen molar-refractivity contribution in [1.29, 1.82) is 0 Å². The minimum Gasteiger partial charge on any atom is -0.354 e. The van der Waals surface area contributed by atoms with Crippen LogP contribution in [0.3, 0.4) is 0 Å². The van der Waals surface area contributed by atoms with Crippen LogP contribution >= 0.6 is 11.8 Å². The van der Waals surface area contributed by atoms with Gasteiger partial charge in [0.25, 0.3) is 0 Å². The molecule has 0 radical (unpaired) electrons. The molecule has 0 aliphatic heterocycles. The normalized spacial score (nSPS) is 13.3. The lowest BCUT2D eigenvalue weighted by Crippen LogP contribution is -2.33. The van der Waals surface area contributed by atoms with Crippen LogP contribution in [-0.4, -0.2) is 27.7 Å². The summed E-state index contributed by atoms with van der Waals surface area (Å²) in [6.45, 7) is 2.33. The maximum atomic E-state index is 12.1. The summed E-state index contributed by atoms with van der Waals surface area (Å²) in [7, 11) is -1.07. The summed E-state index contributed by atoms with van der Waals surface area (Å²) in [5.41, 5.74) is 1.21. The van der Waals surface area contributed by atoms with Crippen molar-refractivity contribution < 1.29 is 9.00 Å². The van der Waals surface area contributed by atoms with Gasteiger partial charge in [0.15, 0.2) is 0 Å². The number of amides is 1. The van der Waals surface area contributed by atoms with E-state index in [4.69, 9.17) is 0 Å². The van der Waals surface area contributed by atoms with Gasteiger partial charge < -0.3 is 5.32 Å². The zero-order valence-corrected chi connectivity index (χ0v) is 14.7. The summed E-state index contributed by atoms with van der Waals surface area (Å²) in [6, 6.07) is 19.4. The van der Waals surface area contributed by atoms with E-state index in [-0.39, 0.29) is 11.2 Å². The van der Waals surface area contributed by atoms with Crippen LogP contribution in [0.1, 0.15) is 12.5 Å². The van der Waals surface area contributed by atoms with Gasteiger partial charge in [0, 0.05) is 22.9 Å². The number of rotatable bonds is 8. The molecule has 0 aliphatic rings. The second-order valence-corrected chi connectivity index (χ2v) is 7.99. The SMILES string of the molecule is C[C@H](SCc1ccccc1)C(=O)NCC[S@](=O)c1ccccc1. The lowest BCUT2D eigenvalue weighted by molar-refractivity contribution is -0.120. The Kier molecular flexibility index (Phi) is 7.36. The first-order valence-corrected chi connectivity index (χ1v) is 9.90. The third-order valence-corrected chi connectivity index (χ3v) is 5.89. The van der Waals surface area contributed by atoms with Crippen LogP contribution in [0.2, 0.25) is 0 Å². The van der Waals surface area contributed by atoms with Crippen LogP contribution in [0.15, 0.2) is 65.6 Å². The fraction of sp³-hybridized carbons (Fsp3) is 0.278. The lowest BCUT2D eigenvalue weighted by atomic mass is 10.2. The van der Waals surface area contributed by atoms with E-state index < -0.39 is 10.8 Å². The van der Waals surface area contributed by atoms with Crippen LogP contribution in [0.4, 0.5) is 0 Å². The van der Waals surface area contributed by atoms with Crippen molar-refractivity contribution in [2.45, 2.75) is 22.8 Å². The number of carbonyl (C=O) groups is 1. The Morgan fingerprint density at radius 2 is 1.70 bits per heavy atom. The first-order chi connectivity index (χ1) is 11.2. The molecule has 2 rings (SSSR count). The van der Waals surface area contributed by atoms with E-state index in [1.54, 1.807) is 11.8 Å². The number of hydrogen-bond acceptors (Lipinski definition) is 3. The lowest BCUT2D eigenvalue weighted by Gasteiger charge is -2.12. The summed E-state index contributed by atoms with van der Waals surface area (Å²) >= 11 is 1.60. The third-order valence-electron chi connectivity index (χ3n) is 3.30. The van der Waals surface area contributed by atoms with Crippen LogP contribution in [0.5, 0.6) is 0 Å². The molecule has 1 amide bonds. The highest BCUT2D eigenvalue weighted by Gasteiger charge is 2.13. The molecule has 23 heavy (non-hydrogen) atoms. The Morgan fingerprint density at radius 3 is 2.35 bits per heavy atom. The van der Waals surface area contributed by atoms with Crippen LogP contribution in [-0.2, 0) is 21.3 Å². The molecular formula is C18H21NO2S2. The largest absolute Gasteiger partial charge is 0.354 e. The molecule has 5 heteroatoms. The summed E-state index contributed by atoms with van der Waals surface area (Å²) in [6.07, 6.45) is 0. The molecule has 2 aromatic carbocycles. The van der Waals surface area contributed by atoms with Gasteiger partial charge in [0.1, 0.15) is 0 Å². The van der Waals surface area contributed by atoms with Crippen LogP contribution < -0.4 is 5.32 Å². The average molecular weight is 348 g/mol. The fourth-order valence-corrected chi connectivity index (χ4v) is 3.83. The second-order valence-electron chi connectivity index (χ2n) is 5.09. The number of hydrogen-bond donors (Lipinski definition) is 1. The Balaban J connectivity index is 1.69. The molecular weight excluding hydrogens is 326 g/mol. The Bertz CT molecular complexity index is 632. The van der Waals surface area contributed by atoms with Crippen molar-refractivity contribution in [2.75, 3.05) is 12.3 Å². The van der Waals surface area contributed by atoms with E-state index >= 15 is 0 Å². The summed E-state index contributed by atoms with van der Waals surface area (Å²) in [5.74, 6) is 1.24. The van der Waals surface area contributed by atoms with Gasteiger partial charge in [-0.25, -0.2) is 0 Å². The first-order valence-electron chi connectivity index (χ1n) is 7.53. The highest BCUT2D eigenvalue weighted by molar-refractivity contribution is 7.99. The number of carbonyl (C=O) groups excluding carboxylic acids is 1. The molecule has 122 valence electrons. The minimum atomic E-state index is -1.07. The molecule has 0 bridgehead atoms. The molecule has 0 spiro atoms. The molecule has 3 nitrogen and oxygen atoms in total.